The minimum atomic E-state index is -0.991. The van der Waals surface area contributed by atoms with Crippen LogP contribution in [0, 0.1) is 0 Å². The first-order chi connectivity index (χ1) is 10.9. The van der Waals surface area contributed by atoms with Crippen LogP contribution in [0.3, 0.4) is 0 Å². The first-order valence-corrected chi connectivity index (χ1v) is 7.72. The number of nitrogens with zero attached hydrogens (tertiary/aromatic N) is 3. The molecule has 0 aliphatic carbocycles. The summed E-state index contributed by atoms with van der Waals surface area (Å²) in [5.41, 5.74) is 6.22. The number of rotatable bonds is 2. The number of fused-ring (bicyclic) bond motifs is 1. The van der Waals surface area contributed by atoms with E-state index in [2.05, 4.69) is 4.98 Å². The number of nitrogens with two attached hydrogens (primary N) is 1. The maximum Gasteiger partial charge on any atom is 0.407 e. The van der Waals surface area contributed by atoms with Crippen LogP contribution in [0.5, 0.6) is 0 Å². The van der Waals surface area contributed by atoms with Gasteiger partial charge in [-0.1, -0.05) is 17.7 Å². The Hall–Kier alpha value is -2.12. The first-order valence-electron chi connectivity index (χ1n) is 7.34. The number of likely N-dealkylation sites (tertiary alicyclic amines) is 1. The van der Waals surface area contributed by atoms with Crippen LogP contribution < -0.4 is 11.3 Å². The number of amides is 1. The van der Waals surface area contributed by atoms with Gasteiger partial charge in [-0.05, 0) is 25.5 Å². The maximum atomic E-state index is 13.0. The second kappa shape index (κ2) is 5.82. The monoisotopic (exact) mass is 336 g/mol. The molecule has 1 aliphatic heterocycles. The minimum Gasteiger partial charge on any atom is -0.465 e. The topological polar surface area (TPSA) is 101 Å². The SMILES string of the molecule is C[C@H](N)c1nc2cccc(Cl)c2c(=O)n1[C@H]1CCN(C(=O)O)C1. The van der Waals surface area contributed by atoms with E-state index >= 15 is 0 Å². The highest BCUT2D eigenvalue weighted by Crippen LogP contribution is 2.26. The van der Waals surface area contributed by atoms with Crippen LogP contribution in [0.15, 0.2) is 23.0 Å². The van der Waals surface area contributed by atoms with Crippen LogP contribution in [-0.2, 0) is 0 Å². The highest BCUT2D eigenvalue weighted by atomic mass is 35.5. The maximum absolute atomic E-state index is 13.0. The Bertz CT molecular complexity index is 833. The van der Waals surface area contributed by atoms with Crippen molar-refractivity contribution in [2.75, 3.05) is 13.1 Å². The van der Waals surface area contributed by atoms with E-state index in [1.54, 1.807) is 25.1 Å². The van der Waals surface area contributed by atoms with Gasteiger partial charge in [0, 0.05) is 13.1 Å². The Morgan fingerprint density at radius 3 is 2.87 bits per heavy atom. The summed E-state index contributed by atoms with van der Waals surface area (Å²) in [4.78, 5) is 29.9. The minimum absolute atomic E-state index is 0.243. The molecule has 1 fully saturated rings. The van der Waals surface area contributed by atoms with Gasteiger partial charge in [0.1, 0.15) is 5.82 Å². The lowest BCUT2D eigenvalue weighted by molar-refractivity contribution is 0.154. The smallest absolute Gasteiger partial charge is 0.407 e. The van der Waals surface area contributed by atoms with E-state index in [0.717, 1.165) is 0 Å². The standard InChI is InChI=1S/C15H17ClN4O3/c1-8(17)13-18-11-4-2-3-10(16)12(11)14(21)20(13)9-5-6-19(7-9)15(22)23/h2-4,8-9H,5-7,17H2,1H3,(H,22,23)/t8-,9-/m0/s1. The molecule has 23 heavy (non-hydrogen) atoms. The van der Waals surface area contributed by atoms with Crippen LogP contribution in [-0.4, -0.2) is 38.7 Å². The third kappa shape index (κ3) is 2.66. The zero-order valence-electron chi connectivity index (χ0n) is 12.6. The third-order valence-electron chi connectivity index (χ3n) is 4.11. The van der Waals surface area contributed by atoms with Gasteiger partial charge >= 0.3 is 6.09 Å². The Morgan fingerprint density at radius 2 is 2.26 bits per heavy atom. The second-order valence-electron chi connectivity index (χ2n) is 5.74. The van der Waals surface area contributed by atoms with Crippen molar-refractivity contribution in [3.05, 3.63) is 39.4 Å². The normalized spacial score (nSPS) is 19.3. The van der Waals surface area contributed by atoms with E-state index in [9.17, 15) is 9.59 Å². The number of carboxylic acid groups (broad SMARTS) is 1. The van der Waals surface area contributed by atoms with Crippen molar-refractivity contribution in [2.24, 2.45) is 5.73 Å². The summed E-state index contributed by atoms with van der Waals surface area (Å²) in [6, 6.07) is 4.35. The lowest BCUT2D eigenvalue weighted by Crippen LogP contribution is -2.34. The van der Waals surface area contributed by atoms with Gasteiger partial charge < -0.3 is 15.7 Å². The fourth-order valence-electron chi connectivity index (χ4n) is 3.02. The van der Waals surface area contributed by atoms with E-state index in [1.165, 1.54) is 9.47 Å². The summed E-state index contributed by atoms with van der Waals surface area (Å²) in [6.07, 6.45) is -0.446. The molecule has 0 spiro atoms. The highest BCUT2D eigenvalue weighted by Gasteiger charge is 2.30. The molecule has 1 saturated heterocycles. The van der Waals surface area contributed by atoms with Crippen molar-refractivity contribution in [1.82, 2.24) is 14.5 Å². The number of carbonyl (C=O) groups is 1. The Balaban J connectivity index is 2.21. The summed E-state index contributed by atoms with van der Waals surface area (Å²) < 4.78 is 1.52. The molecule has 7 nitrogen and oxygen atoms in total. The number of benzene rings is 1. The summed E-state index contributed by atoms with van der Waals surface area (Å²) in [6.45, 7) is 2.37. The van der Waals surface area contributed by atoms with Crippen molar-refractivity contribution in [1.29, 1.82) is 0 Å². The second-order valence-corrected chi connectivity index (χ2v) is 6.15. The molecule has 1 amide bonds. The van der Waals surface area contributed by atoms with Crippen molar-refractivity contribution in [3.8, 4) is 0 Å². The van der Waals surface area contributed by atoms with Crippen molar-refractivity contribution in [3.63, 3.8) is 0 Å². The van der Waals surface area contributed by atoms with E-state index < -0.39 is 12.1 Å². The number of aromatic nitrogens is 2. The van der Waals surface area contributed by atoms with Crippen LogP contribution in [0.1, 0.15) is 31.3 Å². The van der Waals surface area contributed by atoms with Gasteiger partial charge in [-0.25, -0.2) is 9.78 Å². The molecule has 1 aliphatic rings. The first kappa shape index (κ1) is 15.8. The molecule has 122 valence electrons. The van der Waals surface area contributed by atoms with Crippen LogP contribution in [0.4, 0.5) is 4.79 Å². The van der Waals surface area contributed by atoms with Gasteiger partial charge in [0.25, 0.3) is 5.56 Å². The van der Waals surface area contributed by atoms with Crippen LogP contribution >= 0.6 is 11.6 Å². The molecule has 1 aromatic heterocycles. The van der Waals surface area contributed by atoms with Gasteiger partial charge in [-0.3, -0.25) is 9.36 Å². The molecule has 0 unspecified atom stereocenters. The van der Waals surface area contributed by atoms with E-state index in [-0.39, 0.29) is 18.1 Å². The lowest BCUT2D eigenvalue weighted by Gasteiger charge is -2.21. The molecule has 0 radical (unpaired) electrons. The fourth-order valence-corrected chi connectivity index (χ4v) is 3.27. The van der Waals surface area contributed by atoms with Gasteiger partial charge in [0.15, 0.2) is 0 Å². The lowest BCUT2D eigenvalue weighted by atomic mass is 10.1. The molecular weight excluding hydrogens is 320 g/mol. The average molecular weight is 337 g/mol. The number of hydrogen-bond acceptors (Lipinski definition) is 4. The molecule has 0 saturated carbocycles. The largest absolute Gasteiger partial charge is 0.465 e. The van der Waals surface area contributed by atoms with Crippen LogP contribution in [0.25, 0.3) is 10.9 Å². The summed E-state index contributed by atoms with van der Waals surface area (Å²) in [7, 11) is 0. The van der Waals surface area contributed by atoms with E-state index in [0.29, 0.717) is 34.7 Å². The van der Waals surface area contributed by atoms with Crippen LogP contribution in [0.2, 0.25) is 5.02 Å². The predicted octanol–water partition coefficient (Wildman–Crippen LogP) is 1.99. The summed E-state index contributed by atoms with van der Waals surface area (Å²) in [5, 5.41) is 9.79. The molecule has 2 aromatic rings. The van der Waals surface area contributed by atoms with Gasteiger partial charge in [0.05, 0.1) is 28.0 Å². The molecule has 3 N–H and O–H groups in total. The van der Waals surface area contributed by atoms with Gasteiger partial charge in [0.2, 0.25) is 0 Å². The molecule has 0 bridgehead atoms. The van der Waals surface area contributed by atoms with Crippen molar-refractivity contribution < 1.29 is 9.90 Å². The summed E-state index contributed by atoms with van der Waals surface area (Å²) in [5.74, 6) is 0.446. The predicted molar refractivity (Wildman–Crippen MR) is 86.9 cm³/mol. The fraction of sp³-hybridized carbons (Fsp3) is 0.400. The number of hydrogen-bond donors (Lipinski definition) is 2. The highest BCUT2D eigenvalue weighted by molar-refractivity contribution is 6.35. The Kier molecular flexibility index (Phi) is 3.99. The Morgan fingerprint density at radius 1 is 1.52 bits per heavy atom. The molecule has 3 rings (SSSR count). The molecule has 8 heteroatoms. The zero-order chi connectivity index (χ0) is 16.7. The third-order valence-corrected chi connectivity index (χ3v) is 4.43. The molecule has 2 heterocycles. The molecule has 1 aromatic carbocycles. The van der Waals surface area contributed by atoms with E-state index in [4.69, 9.17) is 22.4 Å². The van der Waals surface area contributed by atoms with Gasteiger partial charge in [-0.2, -0.15) is 0 Å². The van der Waals surface area contributed by atoms with Crippen molar-refractivity contribution in [2.45, 2.75) is 25.4 Å². The van der Waals surface area contributed by atoms with Crippen molar-refractivity contribution >= 4 is 28.6 Å². The van der Waals surface area contributed by atoms with E-state index in [1.807, 2.05) is 0 Å². The molecular formula is C15H17ClN4O3. The molecule has 2 atom stereocenters. The quantitative estimate of drug-likeness (QED) is 0.873. The van der Waals surface area contributed by atoms with Gasteiger partial charge in [-0.15, -0.1) is 0 Å². The Labute approximate surface area is 137 Å². The zero-order valence-corrected chi connectivity index (χ0v) is 13.3. The number of halogens is 1. The average Bonchev–Trinajstić information content (AvgIpc) is 2.96. The summed E-state index contributed by atoms with van der Waals surface area (Å²) >= 11 is 6.16.